The molecule has 0 fully saturated rings. The second kappa shape index (κ2) is 7.32. The molecule has 0 saturated heterocycles. The van der Waals surface area contributed by atoms with E-state index in [0.29, 0.717) is 18.4 Å². The van der Waals surface area contributed by atoms with E-state index in [0.717, 1.165) is 4.31 Å². The molecule has 1 aromatic rings. The number of nitrogens with zero attached hydrogens (tertiary/aromatic N) is 1. The molecule has 112 valence electrons. The zero-order chi connectivity index (χ0) is 15.2. The predicted octanol–water partition coefficient (Wildman–Crippen LogP) is 1.69. The summed E-state index contributed by atoms with van der Waals surface area (Å²) < 4.78 is 45.1. The number of halogens is 1. The summed E-state index contributed by atoms with van der Waals surface area (Å²) in [5, 5.41) is 8.48. The zero-order valence-electron chi connectivity index (χ0n) is 10.7. The Morgan fingerprint density at radius 3 is 2.30 bits per heavy atom. The highest BCUT2D eigenvalue weighted by Gasteiger charge is 2.18. The first-order chi connectivity index (χ1) is 9.29. The Kier molecular flexibility index (Phi) is 6.05. The summed E-state index contributed by atoms with van der Waals surface area (Å²) in [7, 11) is -4.38. The quantitative estimate of drug-likeness (QED) is 0.563. The van der Waals surface area contributed by atoms with Gasteiger partial charge in [-0.1, -0.05) is 12.1 Å². The molecule has 1 rings (SSSR count). The number of unbranched alkanes of at least 4 members (excludes halogenated alkanes) is 1. The number of hydrogen-bond donors (Lipinski definition) is 2. The molecule has 1 aromatic carbocycles. The summed E-state index contributed by atoms with van der Waals surface area (Å²) >= 11 is 0. The van der Waals surface area contributed by atoms with E-state index in [2.05, 4.69) is 0 Å². The highest BCUT2D eigenvalue weighted by molar-refractivity contribution is 7.83. The molecule has 0 unspecified atom stereocenters. The summed E-state index contributed by atoms with van der Waals surface area (Å²) in [5.74, 6) is -1.39. The molecule has 6 nitrogen and oxygen atoms in total. The molecular formula is C12H16FNO5S. The van der Waals surface area contributed by atoms with Crippen LogP contribution >= 0.6 is 0 Å². The van der Waals surface area contributed by atoms with Crippen LogP contribution in [-0.2, 0) is 21.6 Å². The van der Waals surface area contributed by atoms with Gasteiger partial charge in [0.1, 0.15) is 5.82 Å². The maximum atomic E-state index is 12.7. The van der Waals surface area contributed by atoms with Crippen molar-refractivity contribution in [2.24, 2.45) is 0 Å². The molecule has 0 heterocycles. The maximum absolute atomic E-state index is 12.7. The highest BCUT2D eigenvalue weighted by Crippen LogP contribution is 2.11. The fraction of sp³-hybridized carbons (Fsp3) is 0.417. The Bertz CT molecular complexity index is 543. The SMILES string of the molecule is O=C(O)CCCCN(Cc1ccc(F)cc1)S(=O)(=O)O. The molecule has 20 heavy (non-hydrogen) atoms. The maximum Gasteiger partial charge on any atom is 0.336 e. The van der Waals surface area contributed by atoms with Crippen LogP contribution in [0.25, 0.3) is 0 Å². The van der Waals surface area contributed by atoms with Gasteiger partial charge >= 0.3 is 16.3 Å². The van der Waals surface area contributed by atoms with Gasteiger partial charge in [-0.15, -0.1) is 0 Å². The average molecular weight is 305 g/mol. The van der Waals surface area contributed by atoms with E-state index in [4.69, 9.17) is 9.66 Å². The first-order valence-corrected chi connectivity index (χ1v) is 7.37. The molecule has 0 aliphatic rings. The Labute approximate surface area is 116 Å². The van der Waals surface area contributed by atoms with Gasteiger partial charge < -0.3 is 5.11 Å². The van der Waals surface area contributed by atoms with Crippen molar-refractivity contribution in [1.82, 2.24) is 4.31 Å². The summed E-state index contributed by atoms with van der Waals surface area (Å²) in [4.78, 5) is 10.3. The first kappa shape index (κ1) is 16.5. The minimum atomic E-state index is -4.38. The van der Waals surface area contributed by atoms with E-state index in [9.17, 15) is 17.6 Å². The van der Waals surface area contributed by atoms with Crippen LogP contribution in [0.4, 0.5) is 4.39 Å². The minimum absolute atomic E-state index is 0.00346. The van der Waals surface area contributed by atoms with E-state index >= 15 is 0 Å². The molecule has 0 spiro atoms. The number of aliphatic carboxylic acids is 1. The normalized spacial score (nSPS) is 11.8. The lowest BCUT2D eigenvalue weighted by Gasteiger charge is -2.18. The van der Waals surface area contributed by atoms with Crippen molar-refractivity contribution >= 4 is 16.3 Å². The fourth-order valence-electron chi connectivity index (χ4n) is 1.63. The molecule has 0 amide bonds. The number of carboxylic acid groups (broad SMARTS) is 1. The van der Waals surface area contributed by atoms with Gasteiger partial charge in [0.25, 0.3) is 0 Å². The first-order valence-electron chi connectivity index (χ1n) is 5.98. The van der Waals surface area contributed by atoms with Gasteiger partial charge in [-0.25, -0.2) is 4.39 Å². The second-order valence-electron chi connectivity index (χ2n) is 4.29. The van der Waals surface area contributed by atoms with E-state index in [-0.39, 0.29) is 19.5 Å². The Hall–Kier alpha value is -1.51. The molecule has 0 atom stereocenters. The molecule has 0 radical (unpaired) electrons. The van der Waals surface area contributed by atoms with Crippen molar-refractivity contribution in [2.75, 3.05) is 6.54 Å². The molecule has 0 aliphatic heterocycles. The van der Waals surface area contributed by atoms with E-state index in [1.807, 2.05) is 0 Å². The van der Waals surface area contributed by atoms with E-state index in [1.54, 1.807) is 0 Å². The van der Waals surface area contributed by atoms with Crippen LogP contribution in [0.3, 0.4) is 0 Å². The lowest BCUT2D eigenvalue weighted by Crippen LogP contribution is -2.31. The van der Waals surface area contributed by atoms with Crippen LogP contribution in [-0.4, -0.2) is 34.9 Å². The molecule has 2 N–H and O–H groups in total. The summed E-state index contributed by atoms with van der Waals surface area (Å²) in [5.41, 5.74) is 0.530. The van der Waals surface area contributed by atoms with E-state index in [1.165, 1.54) is 24.3 Å². The number of carbonyl (C=O) groups is 1. The summed E-state index contributed by atoms with van der Waals surface area (Å²) in [6.45, 7) is -0.0876. The van der Waals surface area contributed by atoms with Crippen molar-refractivity contribution in [3.63, 3.8) is 0 Å². The monoisotopic (exact) mass is 305 g/mol. The van der Waals surface area contributed by atoms with Crippen LogP contribution in [0.5, 0.6) is 0 Å². The van der Waals surface area contributed by atoms with Gasteiger partial charge in [-0.2, -0.15) is 12.7 Å². The molecule has 0 saturated carbocycles. The third-order valence-electron chi connectivity index (χ3n) is 2.65. The molecule has 0 aromatic heterocycles. The van der Waals surface area contributed by atoms with Crippen molar-refractivity contribution in [3.8, 4) is 0 Å². The standard InChI is InChI=1S/C12H16FNO5S/c13-11-6-4-10(5-7-11)9-14(20(17,18)19)8-2-1-3-12(15)16/h4-7H,1-3,8-9H2,(H,15,16)(H,17,18,19). The van der Waals surface area contributed by atoms with Crippen LogP contribution < -0.4 is 0 Å². The lowest BCUT2D eigenvalue weighted by molar-refractivity contribution is -0.137. The molecule has 8 heteroatoms. The van der Waals surface area contributed by atoms with Gasteiger partial charge in [0.2, 0.25) is 0 Å². The van der Waals surface area contributed by atoms with Crippen LogP contribution in [0, 0.1) is 5.82 Å². The average Bonchev–Trinajstić information content (AvgIpc) is 2.33. The van der Waals surface area contributed by atoms with Crippen LogP contribution in [0.2, 0.25) is 0 Å². The highest BCUT2D eigenvalue weighted by atomic mass is 32.2. The number of rotatable bonds is 8. The smallest absolute Gasteiger partial charge is 0.336 e. The predicted molar refractivity (Wildman–Crippen MR) is 69.8 cm³/mol. The molecule has 0 aliphatic carbocycles. The van der Waals surface area contributed by atoms with Gasteiger partial charge in [0, 0.05) is 19.5 Å². The minimum Gasteiger partial charge on any atom is -0.481 e. The van der Waals surface area contributed by atoms with Crippen molar-refractivity contribution in [1.29, 1.82) is 0 Å². The van der Waals surface area contributed by atoms with Crippen molar-refractivity contribution < 1.29 is 27.3 Å². The van der Waals surface area contributed by atoms with Gasteiger partial charge in [0.05, 0.1) is 0 Å². The molecule has 0 bridgehead atoms. The van der Waals surface area contributed by atoms with Crippen molar-refractivity contribution in [3.05, 3.63) is 35.6 Å². The van der Waals surface area contributed by atoms with Crippen LogP contribution in [0.1, 0.15) is 24.8 Å². The summed E-state index contributed by atoms with van der Waals surface area (Å²) in [6.07, 6.45) is 0.563. The Balaban J connectivity index is 2.61. The van der Waals surface area contributed by atoms with E-state index < -0.39 is 22.1 Å². The lowest BCUT2D eigenvalue weighted by atomic mass is 10.2. The number of carboxylic acids is 1. The van der Waals surface area contributed by atoms with Crippen molar-refractivity contribution in [2.45, 2.75) is 25.8 Å². The van der Waals surface area contributed by atoms with Gasteiger partial charge in [0.15, 0.2) is 0 Å². The van der Waals surface area contributed by atoms with Crippen LogP contribution in [0.15, 0.2) is 24.3 Å². The van der Waals surface area contributed by atoms with Gasteiger partial charge in [-0.05, 0) is 30.5 Å². The fourth-order valence-corrected chi connectivity index (χ4v) is 2.31. The largest absolute Gasteiger partial charge is 0.481 e. The molecular weight excluding hydrogens is 289 g/mol. The Morgan fingerprint density at radius 1 is 1.20 bits per heavy atom. The van der Waals surface area contributed by atoms with Gasteiger partial charge in [-0.3, -0.25) is 9.35 Å². The zero-order valence-corrected chi connectivity index (χ0v) is 11.5. The Morgan fingerprint density at radius 2 is 1.80 bits per heavy atom. The number of benzene rings is 1. The third kappa shape index (κ3) is 6.09. The summed E-state index contributed by atoms with van der Waals surface area (Å²) in [6, 6.07) is 5.24. The second-order valence-corrected chi connectivity index (χ2v) is 5.70. The number of hydrogen-bond acceptors (Lipinski definition) is 3. The third-order valence-corrected chi connectivity index (χ3v) is 3.61. The topological polar surface area (TPSA) is 94.9 Å².